The largest absolute Gasteiger partial charge is 0.392 e. The van der Waals surface area contributed by atoms with Gasteiger partial charge in [-0.25, -0.2) is 21.6 Å². The SMILES string of the molecule is Cc1cc(NC(=O)c2ccc(F)c(S(=O)(=O)N3CC(O)CC4CC4C3)c2)cc(F)c1F. The minimum atomic E-state index is -4.29. The van der Waals surface area contributed by atoms with Crippen molar-refractivity contribution in [2.45, 2.75) is 30.8 Å². The lowest BCUT2D eigenvalue weighted by Crippen LogP contribution is -2.38. The number of nitrogens with zero attached hydrogens (tertiary/aromatic N) is 1. The number of nitrogens with one attached hydrogen (secondary N) is 1. The topological polar surface area (TPSA) is 86.7 Å². The Morgan fingerprint density at radius 1 is 1.06 bits per heavy atom. The molecule has 0 radical (unpaired) electrons. The quantitative estimate of drug-likeness (QED) is 0.744. The van der Waals surface area contributed by atoms with Crippen LogP contribution in [-0.4, -0.2) is 42.9 Å². The van der Waals surface area contributed by atoms with Crippen LogP contribution in [0, 0.1) is 36.2 Å². The molecule has 1 aliphatic heterocycles. The summed E-state index contributed by atoms with van der Waals surface area (Å²) in [6.45, 7) is 1.38. The summed E-state index contributed by atoms with van der Waals surface area (Å²) in [5.74, 6) is -3.59. The van der Waals surface area contributed by atoms with Crippen molar-refractivity contribution in [3.8, 4) is 0 Å². The van der Waals surface area contributed by atoms with Crippen molar-refractivity contribution >= 4 is 21.6 Å². The van der Waals surface area contributed by atoms with E-state index in [1.807, 2.05) is 0 Å². The monoisotopic (exact) mass is 454 g/mol. The lowest BCUT2D eigenvalue weighted by Gasteiger charge is -2.23. The predicted molar refractivity (Wildman–Crippen MR) is 106 cm³/mol. The van der Waals surface area contributed by atoms with Gasteiger partial charge in [-0.3, -0.25) is 4.79 Å². The molecular weight excluding hydrogens is 433 g/mol. The second kappa shape index (κ2) is 7.92. The Morgan fingerprint density at radius 2 is 1.81 bits per heavy atom. The number of hydrogen-bond acceptors (Lipinski definition) is 4. The van der Waals surface area contributed by atoms with Crippen LogP contribution in [0.5, 0.6) is 0 Å². The Labute approximate surface area is 177 Å². The number of halogens is 3. The highest BCUT2D eigenvalue weighted by Crippen LogP contribution is 2.45. The molecule has 6 nitrogen and oxygen atoms in total. The molecule has 31 heavy (non-hydrogen) atoms. The number of aliphatic hydroxyl groups excluding tert-OH is 1. The molecular formula is C21H21F3N2O4S. The highest BCUT2D eigenvalue weighted by atomic mass is 32.2. The van der Waals surface area contributed by atoms with Gasteiger partial charge in [0.25, 0.3) is 5.91 Å². The van der Waals surface area contributed by atoms with Crippen molar-refractivity contribution in [2.75, 3.05) is 18.4 Å². The summed E-state index contributed by atoms with van der Waals surface area (Å²) in [5, 5.41) is 12.4. The van der Waals surface area contributed by atoms with Gasteiger partial charge in [0, 0.05) is 30.4 Å². The number of hydrogen-bond donors (Lipinski definition) is 2. The summed E-state index contributed by atoms with van der Waals surface area (Å²) in [6, 6.07) is 4.90. The second-order valence-corrected chi connectivity index (χ2v) is 10.1. The summed E-state index contributed by atoms with van der Waals surface area (Å²) >= 11 is 0. The van der Waals surface area contributed by atoms with E-state index in [1.165, 1.54) is 13.0 Å². The predicted octanol–water partition coefficient (Wildman–Crippen LogP) is 3.06. The fourth-order valence-corrected chi connectivity index (χ4v) is 5.62. The standard InChI is InChI=1S/C21H21F3N2O4S/c1-11-4-15(8-18(23)20(11)24)25-21(28)12-2-3-17(22)19(7-12)31(29,30)26-9-14-5-13(14)6-16(27)10-26/h2-4,7-8,13-14,16,27H,5-6,9-10H2,1H3,(H,25,28). The zero-order chi connectivity index (χ0) is 22.5. The van der Waals surface area contributed by atoms with Crippen LogP contribution in [0.4, 0.5) is 18.9 Å². The van der Waals surface area contributed by atoms with Crippen LogP contribution in [0.3, 0.4) is 0 Å². The summed E-state index contributed by atoms with van der Waals surface area (Å²) in [5.41, 5.74) is -0.205. The molecule has 2 N–H and O–H groups in total. The first kappa shape index (κ1) is 21.8. The molecule has 10 heteroatoms. The van der Waals surface area contributed by atoms with Crippen molar-refractivity contribution in [3.05, 3.63) is 58.9 Å². The third-order valence-electron chi connectivity index (χ3n) is 5.78. The zero-order valence-corrected chi connectivity index (χ0v) is 17.4. The zero-order valence-electron chi connectivity index (χ0n) is 16.6. The van der Waals surface area contributed by atoms with E-state index in [2.05, 4.69) is 5.32 Å². The number of carbonyl (C=O) groups excluding carboxylic acids is 1. The van der Waals surface area contributed by atoms with E-state index >= 15 is 0 Å². The molecule has 0 bridgehead atoms. The van der Waals surface area contributed by atoms with E-state index in [4.69, 9.17) is 0 Å². The van der Waals surface area contributed by atoms with Crippen LogP contribution in [0.1, 0.15) is 28.8 Å². The fraction of sp³-hybridized carbons (Fsp3) is 0.381. The number of rotatable bonds is 4. The van der Waals surface area contributed by atoms with Crippen molar-refractivity contribution < 1.29 is 31.5 Å². The number of β-amino-alcohol motifs (C(OH)–C–C–N with tert-alkyl or cyclic N) is 1. The highest BCUT2D eigenvalue weighted by Gasteiger charge is 2.45. The second-order valence-electron chi connectivity index (χ2n) is 8.16. The van der Waals surface area contributed by atoms with Gasteiger partial charge in [-0.05, 0) is 61.4 Å². The Hall–Kier alpha value is -2.43. The molecule has 1 aliphatic carbocycles. The molecule has 3 atom stereocenters. The molecule has 2 aromatic rings. The number of aliphatic hydroxyl groups is 1. The molecule has 2 aliphatic rings. The lowest BCUT2D eigenvalue weighted by atomic mass is 10.1. The molecule has 1 amide bonds. The number of amides is 1. The van der Waals surface area contributed by atoms with Gasteiger partial charge in [0.05, 0.1) is 6.10 Å². The van der Waals surface area contributed by atoms with Crippen LogP contribution in [0.25, 0.3) is 0 Å². The Balaban J connectivity index is 1.61. The normalized spacial score (nSPS) is 23.7. The van der Waals surface area contributed by atoms with Gasteiger partial charge >= 0.3 is 0 Å². The smallest absolute Gasteiger partial charge is 0.255 e. The molecule has 2 fully saturated rings. The van der Waals surface area contributed by atoms with Gasteiger partial charge in [-0.15, -0.1) is 0 Å². The molecule has 4 rings (SSSR count). The average Bonchev–Trinajstić information content (AvgIpc) is 3.43. The number of sulfonamides is 1. The first-order chi connectivity index (χ1) is 14.6. The maximum atomic E-state index is 14.5. The molecule has 1 saturated heterocycles. The van der Waals surface area contributed by atoms with Crippen molar-refractivity contribution in [1.82, 2.24) is 4.31 Å². The van der Waals surface area contributed by atoms with Gasteiger partial charge in [0.1, 0.15) is 10.7 Å². The Morgan fingerprint density at radius 3 is 2.52 bits per heavy atom. The van der Waals surface area contributed by atoms with Crippen LogP contribution in [0.15, 0.2) is 35.2 Å². The molecule has 3 unspecified atom stereocenters. The van der Waals surface area contributed by atoms with E-state index in [0.717, 1.165) is 35.0 Å². The Bertz CT molecular complexity index is 1130. The number of carbonyl (C=O) groups is 1. The van der Waals surface area contributed by atoms with Gasteiger partial charge in [0.15, 0.2) is 11.6 Å². The average molecular weight is 454 g/mol. The van der Waals surface area contributed by atoms with Crippen LogP contribution in [-0.2, 0) is 10.0 Å². The number of benzene rings is 2. The molecule has 2 aromatic carbocycles. The van der Waals surface area contributed by atoms with Crippen LogP contribution in [0.2, 0.25) is 0 Å². The molecule has 1 heterocycles. The third kappa shape index (κ3) is 4.32. The highest BCUT2D eigenvalue weighted by molar-refractivity contribution is 7.89. The molecule has 0 spiro atoms. The number of aryl methyl sites for hydroxylation is 1. The number of fused-ring (bicyclic) bond motifs is 1. The lowest BCUT2D eigenvalue weighted by molar-refractivity contribution is 0.102. The van der Waals surface area contributed by atoms with E-state index < -0.39 is 44.4 Å². The van der Waals surface area contributed by atoms with E-state index in [1.54, 1.807) is 0 Å². The molecule has 166 valence electrons. The van der Waals surface area contributed by atoms with Gasteiger partial charge in [-0.2, -0.15) is 4.31 Å². The van der Waals surface area contributed by atoms with Crippen molar-refractivity contribution in [1.29, 1.82) is 0 Å². The minimum Gasteiger partial charge on any atom is -0.392 e. The van der Waals surface area contributed by atoms with Crippen molar-refractivity contribution in [2.24, 2.45) is 11.8 Å². The van der Waals surface area contributed by atoms with Gasteiger partial charge in [0.2, 0.25) is 10.0 Å². The maximum absolute atomic E-state index is 14.5. The summed E-state index contributed by atoms with van der Waals surface area (Å²) in [6.07, 6.45) is 0.495. The first-order valence-corrected chi connectivity index (χ1v) is 11.2. The maximum Gasteiger partial charge on any atom is 0.255 e. The number of anilines is 1. The third-order valence-corrected chi connectivity index (χ3v) is 7.62. The van der Waals surface area contributed by atoms with E-state index in [-0.39, 0.29) is 41.7 Å². The fourth-order valence-electron chi connectivity index (χ4n) is 4.00. The van der Waals surface area contributed by atoms with E-state index in [0.29, 0.717) is 6.42 Å². The first-order valence-electron chi connectivity index (χ1n) is 9.81. The van der Waals surface area contributed by atoms with Crippen LogP contribution < -0.4 is 5.32 Å². The van der Waals surface area contributed by atoms with E-state index in [9.17, 15) is 31.5 Å². The van der Waals surface area contributed by atoms with Crippen LogP contribution >= 0.6 is 0 Å². The van der Waals surface area contributed by atoms with Gasteiger partial charge < -0.3 is 10.4 Å². The minimum absolute atomic E-state index is 0.0178. The Kier molecular flexibility index (Phi) is 5.57. The van der Waals surface area contributed by atoms with Crippen molar-refractivity contribution in [3.63, 3.8) is 0 Å². The summed E-state index contributed by atoms with van der Waals surface area (Å²) in [4.78, 5) is 11.9. The summed E-state index contributed by atoms with van der Waals surface area (Å²) < 4.78 is 68.7. The molecule has 1 saturated carbocycles. The molecule has 0 aromatic heterocycles. The summed E-state index contributed by atoms with van der Waals surface area (Å²) in [7, 11) is -4.29. The van der Waals surface area contributed by atoms with Gasteiger partial charge in [-0.1, -0.05) is 0 Å².